The van der Waals surface area contributed by atoms with E-state index in [-0.39, 0.29) is 18.9 Å². The third-order valence-electron chi connectivity index (χ3n) is 4.48. The molecule has 0 bridgehead atoms. The first-order chi connectivity index (χ1) is 12.5. The highest BCUT2D eigenvalue weighted by Gasteiger charge is 2.17. The molecule has 6 heteroatoms. The van der Waals surface area contributed by atoms with Gasteiger partial charge in [0.05, 0.1) is 17.6 Å². The first-order valence-electron chi connectivity index (χ1n) is 8.34. The molecule has 0 saturated heterocycles. The lowest BCUT2D eigenvalue weighted by molar-refractivity contribution is 0.554. The number of hydrogen-bond donors (Lipinski definition) is 1. The fourth-order valence-corrected chi connectivity index (χ4v) is 3.86. The van der Waals surface area contributed by atoms with Crippen LogP contribution in [0.3, 0.4) is 0 Å². The van der Waals surface area contributed by atoms with E-state index in [1.807, 2.05) is 35.9 Å². The molecule has 2 heterocycles. The lowest BCUT2D eigenvalue weighted by atomic mass is 10.0. The molecule has 0 aliphatic heterocycles. The van der Waals surface area contributed by atoms with Gasteiger partial charge in [-0.1, -0.05) is 17.7 Å². The zero-order chi connectivity index (χ0) is 18.7. The standard InChI is InChI=1S/C20H21ClFN3S/c1-13-17(10-14-5-6-16(26-2)11-18(14)21)20-19(4-3-9-24-20)25(13)12-15(22)7-8-23/h3-7,9,11H,8,10,12,23H2,1-2H3/b15-7-. The van der Waals surface area contributed by atoms with Crippen LogP contribution in [0.1, 0.15) is 16.8 Å². The number of fused-ring (bicyclic) bond motifs is 1. The van der Waals surface area contributed by atoms with Crippen LogP contribution in [0.15, 0.2) is 53.3 Å². The third-order valence-corrected chi connectivity index (χ3v) is 5.56. The Balaban J connectivity index is 2.06. The van der Waals surface area contributed by atoms with Gasteiger partial charge in [-0.05, 0) is 49.1 Å². The second-order valence-electron chi connectivity index (χ2n) is 6.04. The maximum atomic E-state index is 14.1. The summed E-state index contributed by atoms with van der Waals surface area (Å²) in [4.78, 5) is 5.67. The van der Waals surface area contributed by atoms with Gasteiger partial charge >= 0.3 is 0 Å². The highest BCUT2D eigenvalue weighted by atomic mass is 35.5. The number of aromatic nitrogens is 2. The summed E-state index contributed by atoms with van der Waals surface area (Å²) in [6.45, 7) is 2.34. The van der Waals surface area contributed by atoms with Crippen LogP contribution in [0.5, 0.6) is 0 Å². The van der Waals surface area contributed by atoms with Crippen molar-refractivity contribution in [3.05, 3.63) is 70.3 Å². The van der Waals surface area contributed by atoms with Gasteiger partial charge in [-0.2, -0.15) is 0 Å². The lowest BCUT2D eigenvalue weighted by Crippen LogP contribution is -2.04. The Morgan fingerprint density at radius 1 is 1.38 bits per heavy atom. The van der Waals surface area contributed by atoms with Crippen molar-refractivity contribution in [1.82, 2.24) is 9.55 Å². The van der Waals surface area contributed by atoms with E-state index in [9.17, 15) is 4.39 Å². The molecule has 0 unspecified atom stereocenters. The molecule has 0 atom stereocenters. The van der Waals surface area contributed by atoms with Gasteiger partial charge in [-0.25, -0.2) is 4.39 Å². The minimum atomic E-state index is -0.245. The van der Waals surface area contributed by atoms with Crippen LogP contribution in [0.25, 0.3) is 11.0 Å². The summed E-state index contributed by atoms with van der Waals surface area (Å²) in [5.74, 6) is -0.245. The Morgan fingerprint density at radius 2 is 2.19 bits per heavy atom. The Bertz CT molecular complexity index is 965. The van der Waals surface area contributed by atoms with Gasteiger partial charge in [0.1, 0.15) is 5.83 Å². The zero-order valence-electron chi connectivity index (χ0n) is 14.8. The Labute approximate surface area is 162 Å². The predicted octanol–water partition coefficient (Wildman–Crippen LogP) is 5.12. The molecular formula is C20H21ClFN3S. The summed E-state index contributed by atoms with van der Waals surface area (Å²) in [7, 11) is 0. The van der Waals surface area contributed by atoms with Gasteiger partial charge in [0.15, 0.2) is 0 Å². The molecule has 0 aliphatic carbocycles. The number of hydrogen-bond acceptors (Lipinski definition) is 3. The van der Waals surface area contributed by atoms with Crippen molar-refractivity contribution in [2.75, 3.05) is 12.8 Å². The van der Waals surface area contributed by atoms with Crippen LogP contribution in [0, 0.1) is 6.92 Å². The van der Waals surface area contributed by atoms with E-state index >= 15 is 0 Å². The van der Waals surface area contributed by atoms with Gasteiger partial charge in [-0.15, -0.1) is 11.8 Å². The van der Waals surface area contributed by atoms with Crippen molar-refractivity contribution < 1.29 is 4.39 Å². The third kappa shape index (κ3) is 3.80. The molecule has 0 spiro atoms. The molecule has 1 aromatic carbocycles. The summed E-state index contributed by atoms with van der Waals surface area (Å²) in [5.41, 5.74) is 10.3. The first-order valence-corrected chi connectivity index (χ1v) is 9.95. The number of thioether (sulfide) groups is 1. The molecular weight excluding hydrogens is 369 g/mol. The fraction of sp³-hybridized carbons (Fsp3) is 0.250. The van der Waals surface area contributed by atoms with E-state index in [0.29, 0.717) is 6.42 Å². The number of benzene rings is 1. The average molecular weight is 390 g/mol. The average Bonchev–Trinajstić information content (AvgIpc) is 2.89. The van der Waals surface area contributed by atoms with Crippen molar-refractivity contribution in [2.24, 2.45) is 5.73 Å². The van der Waals surface area contributed by atoms with Crippen molar-refractivity contribution >= 4 is 34.4 Å². The van der Waals surface area contributed by atoms with E-state index in [2.05, 4.69) is 17.1 Å². The Kier molecular flexibility index (Phi) is 6.01. The minimum absolute atomic E-state index is 0.157. The van der Waals surface area contributed by atoms with Crippen LogP contribution in [0.4, 0.5) is 4.39 Å². The summed E-state index contributed by atoms with van der Waals surface area (Å²) in [6, 6.07) is 9.93. The molecule has 0 radical (unpaired) electrons. The van der Waals surface area contributed by atoms with Gasteiger partial charge in [-0.3, -0.25) is 4.98 Å². The molecule has 3 rings (SSSR count). The molecule has 136 valence electrons. The van der Waals surface area contributed by atoms with Gasteiger partial charge in [0.2, 0.25) is 0 Å². The quantitative estimate of drug-likeness (QED) is 0.595. The number of nitrogens with zero attached hydrogens (tertiary/aromatic N) is 2. The minimum Gasteiger partial charge on any atom is -0.336 e. The predicted molar refractivity (Wildman–Crippen MR) is 109 cm³/mol. The largest absolute Gasteiger partial charge is 0.336 e. The smallest absolute Gasteiger partial charge is 0.117 e. The monoisotopic (exact) mass is 389 g/mol. The highest BCUT2D eigenvalue weighted by molar-refractivity contribution is 7.98. The number of allylic oxidation sites excluding steroid dienone is 1. The van der Waals surface area contributed by atoms with E-state index in [1.165, 1.54) is 6.08 Å². The van der Waals surface area contributed by atoms with Crippen molar-refractivity contribution in [1.29, 1.82) is 0 Å². The summed E-state index contributed by atoms with van der Waals surface area (Å²) < 4.78 is 16.0. The molecule has 2 aromatic heterocycles. The van der Waals surface area contributed by atoms with Crippen LogP contribution in [-0.2, 0) is 13.0 Å². The van der Waals surface area contributed by atoms with Gasteiger partial charge < -0.3 is 10.3 Å². The van der Waals surface area contributed by atoms with Crippen molar-refractivity contribution in [3.63, 3.8) is 0 Å². The molecule has 3 aromatic rings. The molecule has 2 N–H and O–H groups in total. The summed E-state index contributed by atoms with van der Waals surface area (Å²) in [6.07, 6.45) is 5.85. The van der Waals surface area contributed by atoms with E-state index in [0.717, 1.165) is 37.8 Å². The molecule has 26 heavy (non-hydrogen) atoms. The van der Waals surface area contributed by atoms with Gasteiger partial charge in [0.25, 0.3) is 0 Å². The molecule has 3 nitrogen and oxygen atoms in total. The summed E-state index contributed by atoms with van der Waals surface area (Å²) in [5, 5.41) is 0.738. The normalized spacial score (nSPS) is 12.1. The molecule has 0 amide bonds. The first kappa shape index (κ1) is 19.0. The molecule has 0 saturated carbocycles. The molecule has 0 fully saturated rings. The highest BCUT2D eigenvalue weighted by Crippen LogP contribution is 2.31. The van der Waals surface area contributed by atoms with Gasteiger partial charge in [0, 0.05) is 40.3 Å². The van der Waals surface area contributed by atoms with Crippen molar-refractivity contribution in [2.45, 2.75) is 24.8 Å². The maximum Gasteiger partial charge on any atom is 0.117 e. The van der Waals surface area contributed by atoms with Crippen LogP contribution >= 0.6 is 23.4 Å². The van der Waals surface area contributed by atoms with Crippen LogP contribution in [0.2, 0.25) is 5.02 Å². The number of pyridine rings is 1. The van der Waals surface area contributed by atoms with E-state index in [4.69, 9.17) is 17.3 Å². The zero-order valence-corrected chi connectivity index (χ0v) is 16.4. The topological polar surface area (TPSA) is 43.8 Å². The Hall–Kier alpha value is -1.82. The fourth-order valence-electron chi connectivity index (χ4n) is 3.11. The number of nitrogens with two attached hydrogens (primary N) is 1. The van der Waals surface area contributed by atoms with Crippen LogP contribution in [-0.4, -0.2) is 22.4 Å². The second-order valence-corrected chi connectivity index (χ2v) is 7.33. The molecule has 0 aliphatic rings. The SMILES string of the molecule is CSc1ccc(Cc2c(C)n(C/C(F)=C/CN)c3cccnc23)c(Cl)c1. The van der Waals surface area contributed by atoms with Crippen molar-refractivity contribution in [3.8, 4) is 0 Å². The summed E-state index contributed by atoms with van der Waals surface area (Å²) >= 11 is 8.13. The van der Waals surface area contributed by atoms with Crippen LogP contribution < -0.4 is 5.73 Å². The maximum absolute atomic E-state index is 14.1. The number of halogens is 2. The van der Waals surface area contributed by atoms with E-state index < -0.39 is 0 Å². The Morgan fingerprint density at radius 3 is 2.88 bits per heavy atom. The van der Waals surface area contributed by atoms with E-state index in [1.54, 1.807) is 18.0 Å². The number of rotatable bonds is 6. The second kappa shape index (κ2) is 8.25. The lowest BCUT2D eigenvalue weighted by Gasteiger charge is -2.09.